The summed E-state index contributed by atoms with van der Waals surface area (Å²) in [5.41, 5.74) is 0.587. The first-order valence-electron chi connectivity index (χ1n) is 10.8. The standard InChI is InChI=1S/C24H25FN2O6S/c1-26-24(28)32-16-17-13-22(20-9-2-3-10-21(20)25)27(15-17)34(29,30)19-8-6-7-18(14-19)33-23-11-4-5-12-31-23/h2-3,6-10,13-15,23H,4-5,11-12,16H2,1H3,(H,26,28). The largest absolute Gasteiger partial charge is 0.465 e. The molecule has 34 heavy (non-hydrogen) atoms. The van der Waals surface area contributed by atoms with E-state index in [0.717, 1.165) is 23.2 Å². The van der Waals surface area contributed by atoms with Crippen LogP contribution >= 0.6 is 0 Å². The lowest BCUT2D eigenvalue weighted by Crippen LogP contribution is -2.25. The third-order valence-electron chi connectivity index (χ3n) is 5.33. The van der Waals surface area contributed by atoms with Gasteiger partial charge in [0.25, 0.3) is 10.0 Å². The molecule has 2 aromatic carbocycles. The second-order valence-electron chi connectivity index (χ2n) is 7.73. The fourth-order valence-corrected chi connectivity index (χ4v) is 5.07. The molecule has 3 aromatic rings. The van der Waals surface area contributed by atoms with Crippen LogP contribution in [0.5, 0.6) is 5.75 Å². The van der Waals surface area contributed by atoms with Crippen molar-refractivity contribution in [2.45, 2.75) is 37.1 Å². The Morgan fingerprint density at radius 1 is 1.18 bits per heavy atom. The number of carbonyl (C=O) groups excluding carboxylic acids is 1. The number of nitrogens with zero attached hydrogens (tertiary/aromatic N) is 1. The molecule has 0 bridgehead atoms. The fraction of sp³-hybridized carbons (Fsp3) is 0.292. The van der Waals surface area contributed by atoms with Gasteiger partial charge in [-0.2, -0.15) is 0 Å². The number of halogens is 1. The van der Waals surface area contributed by atoms with E-state index in [4.69, 9.17) is 14.2 Å². The molecule has 1 aliphatic rings. The molecular formula is C24H25FN2O6S. The van der Waals surface area contributed by atoms with Gasteiger partial charge in [-0.3, -0.25) is 0 Å². The highest BCUT2D eigenvalue weighted by atomic mass is 32.2. The molecule has 0 radical (unpaired) electrons. The highest BCUT2D eigenvalue weighted by Gasteiger charge is 2.25. The van der Waals surface area contributed by atoms with Gasteiger partial charge >= 0.3 is 6.09 Å². The Balaban J connectivity index is 1.71. The number of benzene rings is 2. The van der Waals surface area contributed by atoms with Gasteiger partial charge in [-0.25, -0.2) is 21.6 Å². The number of hydrogen-bond acceptors (Lipinski definition) is 6. The van der Waals surface area contributed by atoms with Gasteiger partial charge in [0.15, 0.2) is 6.29 Å². The van der Waals surface area contributed by atoms with Crippen LogP contribution in [0.1, 0.15) is 24.8 Å². The van der Waals surface area contributed by atoms with Gasteiger partial charge < -0.3 is 19.5 Å². The number of nitrogens with one attached hydrogen (secondary N) is 1. The fourth-order valence-electron chi connectivity index (χ4n) is 3.64. The zero-order valence-electron chi connectivity index (χ0n) is 18.6. The van der Waals surface area contributed by atoms with Crippen LogP contribution in [-0.4, -0.2) is 38.4 Å². The highest BCUT2D eigenvalue weighted by Crippen LogP contribution is 2.31. The Morgan fingerprint density at radius 3 is 2.74 bits per heavy atom. The molecule has 0 spiro atoms. The SMILES string of the molecule is CNC(=O)OCc1cc(-c2ccccc2F)n(S(=O)(=O)c2cccc(OC3CCCCO3)c2)c1. The molecule has 1 aromatic heterocycles. The van der Waals surface area contributed by atoms with Gasteiger partial charge in [-0.15, -0.1) is 0 Å². The van der Waals surface area contributed by atoms with Crippen LogP contribution < -0.4 is 10.1 Å². The van der Waals surface area contributed by atoms with E-state index in [9.17, 15) is 17.6 Å². The van der Waals surface area contributed by atoms with Crippen molar-refractivity contribution >= 4 is 16.1 Å². The normalized spacial score (nSPS) is 16.1. The minimum Gasteiger partial charge on any atom is -0.465 e. The van der Waals surface area contributed by atoms with E-state index >= 15 is 0 Å². The number of alkyl carbamates (subject to hydrolysis) is 1. The summed E-state index contributed by atoms with van der Waals surface area (Å²) in [6, 6.07) is 13.4. The molecule has 1 amide bonds. The summed E-state index contributed by atoms with van der Waals surface area (Å²) in [5, 5.41) is 2.32. The monoisotopic (exact) mass is 488 g/mol. The summed E-state index contributed by atoms with van der Waals surface area (Å²) in [5.74, 6) is -0.224. The summed E-state index contributed by atoms with van der Waals surface area (Å²) < 4.78 is 59.3. The number of hydrogen-bond donors (Lipinski definition) is 1. The van der Waals surface area contributed by atoms with Gasteiger partial charge in [0, 0.05) is 36.9 Å². The Hall–Kier alpha value is -3.37. The predicted molar refractivity (Wildman–Crippen MR) is 122 cm³/mol. The summed E-state index contributed by atoms with van der Waals surface area (Å²) >= 11 is 0. The van der Waals surface area contributed by atoms with E-state index in [-0.39, 0.29) is 22.8 Å². The molecular weight excluding hydrogens is 463 g/mol. The van der Waals surface area contributed by atoms with Crippen molar-refractivity contribution in [2.75, 3.05) is 13.7 Å². The van der Waals surface area contributed by atoms with Crippen LogP contribution in [0.15, 0.2) is 65.7 Å². The van der Waals surface area contributed by atoms with E-state index in [1.165, 1.54) is 49.6 Å². The molecule has 1 aliphatic heterocycles. The van der Waals surface area contributed by atoms with Crippen molar-refractivity contribution in [2.24, 2.45) is 0 Å². The molecule has 180 valence electrons. The van der Waals surface area contributed by atoms with Crippen molar-refractivity contribution in [3.05, 3.63) is 72.2 Å². The molecule has 0 aliphatic carbocycles. The molecule has 8 nitrogen and oxygen atoms in total. The first kappa shape index (κ1) is 23.8. The van der Waals surface area contributed by atoms with E-state index < -0.39 is 28.2 Å². The number of amides is 1. The van der Waals surface area contributed by atoms with Gasteiger partial charge in [0.2, 0.25) is 0 Å². The maximum Gasteiger partial charge on any atom is 0.407 e. The van der Waals surface area contributed by atoms with Crippen LogP contribution in [0, 0.1) is 5.82 Å². The molecule has 1 N–H and O–H groups in total. The summed E-state index contributed by atoms with van der Waals surface area (Å²) in [6.07, 6.45) is 2.88. The van der Waals surface area contributed by atoms with E-state index in [2.05, 4.69) is 5.32 Å². The Labute approximate surface area is 197 Å². The maximum atomic E-state index is 14.6. The van der Waals surface area contributed by atoms with Crippen LogP contribution in [-0.2, 0) is 26.1 Å². The van der Waals surface area contributed by atoms with Crippen LogP contribution in [0.2, 0.25) is 0 Å². The van der Waals surface area contributed by atoms with Gasteiger partial charge in [0.1, 0.15) is 18.2 Å². The predicted octanol–water partition coefficient (Wildman–Crippen LogP) is 4.29. The zero-order chi connectivity index (χ0) is 24.1. The van der Waals surface area contributed by atoms with Gasteiger partial charge in [-0.05, 0) is 43.2 Å². The van der Waals surface area contributed by atoms with Crippen molar-refractivity contribution < 1.29 is 31.8 Å². The topological polar surface area (TPSA) is 95.9 Å². The number of rotatable bonds is 7. The van der Waals surface area contributed by atoms with E-state index in [1.54, 1.807) is 18.2 Å². The quantitative estimate of drug-likeness (QED) is 0.533. The molecule has 10 heteroatoms. The van der Waals surface area contributed by atoms with Crippen LogP contribution in [0.3, 0.4) is 0 Å². The maximum absolute atomic E-state index is 14.6. The number of aromatic nitrogens is 1. The minimum absolute atomic E-state index is 0.0345. The first-order valence-corrected chi connectivity index (χ1v) is 12.3. The third-order valence-corrected chi connectivity index (χ3v) is 7.00. The average molecular weight is 489 g/mol. The van der Waals surface area contributed by atoms with E-state index in [0.29, 0.717) is 17.9 Å². The summed E-state index contributed by atoms with van der Waals surface area (Å²) in [7, 11) is -2.74. The molecule has 1 fully saturated rings. The molecule has 1 atom stereocenters. The third kappa shape index (κ3) is 5.23. The second-order valence-corrected chi connectivity index (χ2v) is 9.54. The summed E-state index contributed by atoms with van der Waals surface area (Å²) in [4.78, 5) is 11.4. The lowest BCUT2D eigenvalue weighted by molar-refractivity contribution is -0.106. The summed E-state index contributed by atoms with van der Waals surface area (Å²) in [6.45, 7) is 0.407. The molecule has 2 heterocycles. The van der Waals surface area contributed by atoms with Crippen LogP contribution in [0.4, 0.5) is 9.18 Å². The minimum atomic E-state index is -4.15. The smallest absolute Gasteiger partial charge is 0.407 e. The number of carbonyl (C=O) groups is 1. The van der Waals surface area contributed by atoms with Crippen molar-refractivity contribution in [3.63, 3.8) is 0 Å². The molecule has 1 saturated heterocycles. The lowest BCUT2D eigenvalue weighted by Gasteiger charge is -2.23. The zero-order valence-corrected chi connectivity index (χ0v) is 19.4. The Bertz CT molecular complexity index is 1270. The first-order chi connectivity index (χ1) is 16.4. The van der Waals surface area contributed by atoms with E-state index in [1.807, 2.05) is 0 Å². The Kier molecular flexibility index (Phi) is 7.18. The van der Waals surface area contributed by atoms with Crippen molar-refractivity contribution in [3.8, 4) is 17.0 Å². The second kappa shape index (κ2) is 10.3. The molecule has 4 rings (SSSR count). The molecule has 0 saturated carbocycles. The van der Waals surface area contributed by atoms with Crippen molar-refractivity contribution in [1.29, 1.82) is 0 Å². The molecule has 1 unspecified atom stereocenters. The van der Waals surface area contributed by atoms with Gasteiger partial charge in [-0.1, -0.05) is 18.2 Å². The lowest BCUT2D eigenvalue weighted by atomic mass is 10.1. The van der Waals surface area contributed by atoms with Crippen LogP contribution in [0.25, 0.3) is 11.3 Å². The Morgan fingerprint density at radius 2 is 2.00 bits per heavy atom. The average Bonchev–Trinajstić information content (AvgIpc) is 3.28. The number of ether oxygens (including phenoxy) is 3. The van der Waals surface area contributed by atoms with Crippen molar-refractivity contribution in [1.82, 2.24) is 9.29 Å². The highest BCUT2D eigenvalue weighted by molar-refractivity contribution is 7.90. The van der Waals surface area contributed by atoms with Gasteiger partial charge in [0.05, 0.1) is 17.2 Å².